The van der Waals surface area contributed by atoms with Gasteiger partial charge in [0.2, 0.25) is 0 Å². The van der Waals surface area contributed by atoms with Crippen LogP contribution in [0.3, 0.4) is 0 Å². The van der Waals surface area contributed by atoms with Crippen LogP contribution >= 0.6 is 0 Å². The number of aliphatic hydroxyl groups excluding tert-OH is 2. The summed E-state index contributed by atoms with van der Waals surface area (Å²) >= 11 is 0. The lowest BCUT2D eigenvalue weighted by molar-refractivity contribution is -0.251. The van der Waals surface area contributed by atoms with Crippen molar-refractivity contribution < 1.29 is 53.0 Å². The summed E-state index contributed by atoms with van der Waals surface area (Å²) in [5, 5.41) is 20.9. The Morgan fingerprint density at radius 2 is 1.80 bits per heavy atom. The normalized spacial score (nSPS) is 56.4. The number of rotatable bonds is 1. The molecule has 2 bridgehead atoms. The number of aliphatic hydroxyl groups is 2. The van der Waals surface area contributed by atoms with Crippen molar-refractivity contribution in [1.82, 2.24) is 0 Å². The van der Waals surface area contributed by atoms with Gasteiger partial charge < -0.3 is 43.4 Å². The zero-order chi connectivity index (χ0) is 28.3. The van der Waals surface area contributed by atoms with Crippen LogP contribution in [0.2, 0.25) is 0 Å². The highest BCUT2D eigenvalue weighted by molar-refractivity contribution is 5.82. The van der Waals surface area contributed by atoms with Gasteiger partial charge in [0.15, 0.2) is 6.10 Å². The Balaban J connectivity index is 1.25. The molecule has 2 N–H and O–H groups in total. The molecule has 5 aliphatic heterocycles. The Kier molecular flexibility index (Phi) is 5.80. The first-order chi connectivity index (χ1) is 18.9. The van der Waals surface area contributed by atoms with Crippen molar-refractivity contribution in [1.29, 1.82) is 0 Å². The van der Waals surface area contributed by atoms with E-state index in [1.54, 1.807) is 26.0 Å². The number of fused-ring (bicyclic) bond motifs is 3. The third-order valence-electron chi connectivity index (χ3n) is 11.1. The third kappa shape index (κ3) is 3.55. The summed E-state index contributed by atoms with van der Waals surface area (Å²) in [5.74, 6) is -1.10. The number of ether oxygens (including phenoxy) is 7. The van der Waals surface area contributed by atoms with Gasteiger partial charge in [0.25, 0.3) is 0 Å². The number of carbonyl (C=O) groups is 2. The first-order valence-electron chi connectivity index (χ1n) is 14.3. The lowest BCUT2D eigenvalue weighted by atomic mass is 9.50. The number of esters is 2. The van der Waals surface area contributed by atoms with E-state index in [2.05, 4.69) is 13.8 Å². The van der Waals surface area contributed by atoms with Crippen molar-refractivity contribution in [2.24, 2.45) is 10.8 Å². The first-order valence-corrected chi connectivity index (χ1v) is 14.3. The fourth-order valence-electron chi connectivity index (χ4n) is 8.09. The number of cyclic esters (lactones) is 1. The lowest BCUT2D eigenvalue weighted by Crippen LogP contribution is -2.69. The summed E-state index contributed by atoms with van der Waals surface area (Å²) in [5.41, 5.74) is -3.54. The summed E-state index contributed by atoms with van der Waals surface area (Å²) in [6, 6.07) is 0. The van der Waals surface area contributed by atoms with Gasteiger partial charge in [0.05, 0.1) is 42.5 Å². The standard InChI is InChI=1S/C29H38O11/c1-15(30)16-7-5-6-8-20(32)37-18-11-19-29(14-36-29)27(18,4)28(10-9-25(2)21(39-25)22(28)38-19)13-35-24(33)23-26(3,40-23)17(31)12-34-16/h5-8,15-19,21-23,30-31H,9-14H2,1-4H3/b7-5+,8-6?. The average molecular weight is 563 g/mol. The predicted molar refractivity (Wildman–Crippen MR) is 135 cm³/mol. The monoisotopic (exact) mass is 562 g/mol. The van der Waals surface area contributed by atoms with E-state index in [1.165, 1.54) is 12.2 Å². The molecule has 13 atom stereocenters. The molecule has 0 aromatic carbocycles. The molecule has 0 aromatic heterocycles. The molecule has 220 valence electrons. The minimum absolute atomic E-state index is 0.0139. The Labute approximate surface area is 232 Å². The average Bonchev–Trinajstić information content (AvgIpc) is 3.81. The molecule has 11 nitrogen and oxygen atoms in total. The first kappa shape index (κ1) is 27.0. The number of epoxide rings is 3. The van der Waals surface area contributed by atoms with Crippen LogP contribution in [0.25, 0.3) is 0 Å². The highest BCUT2D eigenvalue weighted by atomic mass is 16.7. The van der Waals surface area contributed by atoms with Gasteiger partial charge >= 0.3 is 11.9 Å². The molecule has 0 amide bonds. The molecule has 13 unspecified atom stereocenters. The van der Waals surface area contributed by atoms with Gasteiger partial charge in [-0.05, 0) is 33.6 Å². The van der Waals surface area contributed by atoms with Crippen LogP contribution in [-0.2, 0) is 42.7 Å². The molecule has 2 spiro atoms. The van der Waals surface area contributed by atoms with Gasteiger partial charge in [0.1, 0.15) is 42.2 Å². The Morgan fingerprint density at radius 1 is 1.02 bits per heavy atom. The maximum atomic E-state index is 13.4. The van der Waals surface area contributed by atoms with Gasteiger partial charge in [-0.2, -0.15) is 0 Å². The Morgan fingerprint density at radius 3 is 2.52 bits per heavy atom. The van der Waals surface area contributed by atoms with Crippen LogP contribution in [0.4, 0.5) is 0 Å². The largest absolute Gasteiger partial charge is 0.463 e. The topological polar surface area (TPSA) is 149 Å². The molecule has 11 heteroatoms. The molecule has 7 rings (SSSR count). The molecule has 2 saturated carbocycles. The van der Waals surface area contributed by atoms with Gasteiger partial charge in [-0.1, -0.05) is 25.2 Å². The van der Waals surface area contributed by atoms with E-state index in [4.69, 9.17) is 33.2 Å². The quantitative estimate of drug-likeness (QED) is 0.344. The van der Waals surface area contributed by atoms with E-state index >= 15 is 0 Å². The number of allylic oxidation sites excluding steroid dienone is 2. The van der Waals surface area contributed by atoms with Gasteiger partial charge in [-0.25, -0.2) is 9.59 Å². The van der Waals surface area contributed by atoms with Crippen molar-refractivity contribution in [2.45, 2.75) is 113 Å². The molecular weight excluding hydrogens is 524 g/mol. The number of carbonyl (C=O) groups excluding carboxylic acids is 2. The molecule has 2 aliphatic carbocycles. The van der Waals surface area contributed by atoms with E-state index in [1.807, 2.05) is 0 Å². The van der Waals surface area contributed by atoms with Crippen LogP contribution in [0.15, 0.2) is 24.3 Å². The highest BCUT2D eigenvalue weighted by Crippen LogP contribution is 2.75. The van der Waals surface area contributed by atoms with Crippen molar-refractivity contribution in [3.8, 4) is 0 Å². The summed E-state index contributed by atoms with van der Waals surface area (Å²) < 4.78 is 42.6. The van der Waals surface area contributed by atoms with Gasteiger partial charge in [0, 0.05) is 17.9 Å². The van der Waals surface area contributed by atoms with Gasteiger partial charge in [-0.15, -0.1) is 0 Å². The van der Waals surface area contributed by atoms with E-state index in [0.717, 1.165) is 6.42 Å². The second-order valence-corrected chi connectivity index (χ2v) is 13.2. The van der Waals surface area contributed by atoms with Crippen LogP contribution in [-0.4, -0.2) is 108 Å². The maximum absolute atomic E-state index is 13.4. The molecule has 4 saturated heterocycles. The zero-order valence-corrected chi connectivity index (χ0v) is 23.2. The second kappa shape index (κ2) is 8.59. The zero-order valence-electron chi connectivity index (χ0n) is 23.2. The van der Waals surface area contributed by atoms with E-state index in [9.17, 15) is 19.8 Å². The molecule has 6 fully saturated rings. The highest BCUT2D eigenvalue weighted by Gasteiger charge is 2.86. The van der Waals surface area contributed by atoms with Crippen molar-refractivity contribution in [3.63, 3.8) is 0 Å². The molecular formula is C29H38O11. The predicted octanol–water partition coefficient (Wildman–Crippen LogP) is 0.736. The van der Waals surface area contributed by atoms with Gasteiger partial charge in [-0.3, -0.25) is 0 Å². The fourth-order valence-corrected chi connectivity index (χ4v) is 8.09. The fraction of sp³-hybridized carbons (Fsp3) is 0.793. The van der Waals surface area contributed by atoms with Crippen molar-refractivity contribution in [3.05, 3.63) is 24.3 Å². The van der Waals surface area contributed by atoms with Crippen LogP contribution < -0.4 is 0 Å². The number of hydrogen-bond acceptors (Lipinski definition) is 11. The van der Waals surface area contributed by atoms with E-state index in [0.29, 0.717) is 19.4 Å². The van der Waals surface area contributed by atoms with E-state index < -0.39 is 64.5 Å². The molecule has 0 aromatic rings. The summed E-state index contributed by atoms with van der Waals surface area (Å²) in [6.07, 6.45) is 2.83. The third-order valence-corrected chi connectivity index (χ3v) is 11.1. The Bertz CT molecular complexity index is 1160. The smallest absolute Gasteiger partial charge is 0.338 e. The van der Waals surface area contributed by atoms with Crippen molar-refractivity contribution in [2.75, 3.05) is 19.8 Å². The summed E-state index contributed by atoms with van der Waals surface area (Å²) in [6.45, 7) is 7.67. The maximum Gasteiger partial charge on any atom is 0.338 e. The van der Waals surface area contributed by atoms with E-state index in [-0.39, 0.29) is 37.1 Å². The second-order valence-electron chi connectivity index (χ2n) is 13.2. The van der Waals surface area contributed by atoms with Crippen molar-refractivity contribution >= 4 is 11.9 Å². The molecule has 0 radical (unpaired) electrons. The molecule has 40 heavy (non-hydrogen) atoms. The molecule has 5 heterocycles. The molecule has 7 aliphatic rings. The minimum Gasteiger partial charge on any atom is -0.463 e. The van der Waals surface area contributed by atoms with Crippen LogP contribution in [0, 0.1) is 10.8 Å². The Hall–Kier alpha value is -1.86. The lowest BCUT2D eigenvalue weighted by Gasteiger charge is -2.58. The summed E-state index contributed by atoms with van der Waals surface area (Å²) in [4.78, 5) is 26.4. The number of hydrogen-bond donors (Lipinski definition) is 2. The SMILES string of the molecule is CC(O)C1/C=C/C=CC(=O)OC2CC3OC4C5OC5(C)CCC4(COC(=O)C4OC4(C)C(O)CO1)C2(C)C31CO1. The summed E-state index contributed by atoms with van der Waals surface area (Å²) in [7, 11) is 0. The minimum atomic E-state index is -1.18. The van der Waals surface area contributed by atoms with Crippen LogP contribution in [0.5, 0.6) is 0 Å². The van der Waals surface area contributed by atoms with Crippen LogP contribution in [0.1, 0.15) is 47.0 Å².